The summed E-state index contributed by atoms with van der Waals surface area (Å²) in [6.45, 7) is 0.447. The largest absolute Gasteiger partial charge is 0.465 e. The molecule has 1 aliphatic rings. The molecular formula is C18H19NO3S. The number of methoxy groups -OCH3 is 1. The van der Waals surface area contributed by atoms with Crippen LogP contribution in [0.2, 0.25) is 0 Å². The van der Waals surface area contributed by atoms with Crippen molar-refractivity contribution < 1.29 is 14.3 Å². The number of thiophene rings is 1. The minimum Gasteiger partial charge on any atom is -0.465 e. The van der Waals surface area contributed by atoms with E-state index in [0.717, 1.165) is 23.3 Å². The Morgan fingerprint density at radius 1 is 1.17 bits per heavy atom. The van der Waals surface area contributed by atoms with Crippen molar-refractivity contribution in [3.63, 3.8) is 0 Å². The molecule has 0 unspecified atom stereocenters. The first-order chi connectivity index (χ1) is 11.2. The molecule has 5 heteroatoms. The van der Waals surface area contributed by atoms with Crippen LogP contribution in [0.1, 0.15) is 48.9 Å². The van der Waals surface area contributed by atoms with Crippen molar-refractivity contribution in [3.8, 4) is 0 Å². The van der Waals surface area contributed by atoms with E-state index in [1.54, 1.807) is 23.5 Å². The number of carbonyl (C=O) groups is 2. The average Bonchev–Trinajstić information content (AvgIpc) is 3.03. The molecule has 1 N–H and O–H groups in total. The average molecular weight is 329 g/mol. The maximum Gasteiger partial charge on any atom is 0.337 e. The quantitative estimate of drug-likeness (QED) is 0.875. The molecule has 1 amide bonds. The zero-order valence-corrected chi connectivity index (χ0v) is 13.9. The molecule has 0 aliphatic heterocycles. The predicted molar refractivity (Wildman–Crippen MR) is 89.9 cm³/mol. The van der Waals surface area contributed by atoms with Gasteiger partial charge >= 0.3 is 5.97 Å². The van der Waals surface area contributed by atoms with Gasteiger partial charge in [0.05, 0.1) is 17.6 Å². The third-order valence-corrected chi connectivity index (χ3v) is 5.28. The van der Waals surface area contributed by atoms with Gasteiger partial charge in [-0.15, -0.1) is 11.3 Å². The van der Waals surface area contributed by atoms with Crippen molar-refractivity contribution in [2.45, 2.75) is 32.2 Å². The summed E-state index contributed by atoms with van der Waals surface area (Å²) in [6.07, 6.45) is 4.63. The van der Waals surface area contributed by atoms with Gasteiger partial charge < -0.3 is 10.1 Å². The first-order valence-electron chi connectivity index (χ1n) is 7.74. The Balaban J connectivity index is 1.60. The van der Waals surface area contributed by atoms with Crippen LogP contribution in [-0.4, -0.2) is 19.0 Å². The molecule has 0 bridgehead atoms. The molecule has 4 nitrogen and oxygen atoms in total. The van der Waals surface area contributed by atoms with E-state index in [9.17, 15) is 9.59 Å². The van der Waals surface area contributed by atoms with Crippen LogP contribution in [0, 0.1) is 0 Å². The molecule has 0 radical (unpaired) electrons. The molecule has 1 aliphatic carbocycles. The van der Waals surface area contributed by atoms with E-state index in [1.165, 1.54) is 30.4 Å². The predicted octanol–water partition coefficient (Wildman–Crippen LogP) is 3.34. The van der Waals surface area contributed by atoms with E-state index in [4.69, 9.17) is 0 Å². The number of hydrogen-bond acceptors (Lipinski definition) is 4. The molecule has 0 spiro atoms. The van der Waals surface area contributed by atoms with E-state index in [0.29, 0.717) is 12.1 Å². The van der Waals surface area contributed by atoms with Gasteiger partial charge in [0.2, 0.25) is 0 Å². The Labute approximate surface area is 139 Å². The number of rotatable bonds is 4. The molecule has 0 atom stereocenters. The fourth-order valence-electron chi connectivity index (χ4n) is 2.75. The van der Waals surface area contributed by atoms with Gasteiger partial charge in [0.1, 0.15) is 0 Å². The fraction of sp³-hybridized carbons (Fsp3) is 0.333. The lowest BCUT2D eigenvalue weighted by atomic mass is 9.99. The van der Waals surface area contributed by atoms with Gasteiger partial charge in [-0.05, 0) is 55.0 Å². The smallest absolute Gasteiger partial charge is 0.337 e. The topological polar surface area (TPSA) is 55.4 Å². The van der Waals surface area contributed by atoms with E-state index < -0.39 is 0 Å². The van der Waals surface area contributed by atoms with E-state index in [-0.39, 0.29) is 11.9 Å². The molecule has 0 saturated carbocycles. The molecular weight excluding hydrogens is 310 g/mol. The van der Waals surface area contributed by atoms with E-state index in [1.807, 2.05) is 18.2 Å². The summed E-state index contributed by atoms with van der Waals surface area (Å²) >= 11 is 1.61. The number of carbonyl (C=O) groups excluding carboxylic acids is 2. The number of ether oxygens (including phenoxy) is 1. The number of fused-ring (bicyclic) bond motifs is 1. The van der Waals surface area contributed by atoms with Gasteiger partial charge in [-0.25, -0.2) is 4.79 Å². The summed E-state index contributed by atoms with van der Waals surface area (Å²) < 4.78 is 4.66. The van der Waals surface area contributed by atoms with Gasteiger partial charge in [-0.1, -0.05) is 12.1 Å². The summed E-state index contributed by atoms with van der Waals surface area (Å²) in [5.41, 5.74) is 2.80. The van der Waals surface area contributed by atoms with Crippen LogP contribution in [0.3, 0.4) is 0 Å². The van der Waals surface area contributed by atoms with Crippen LogP contribution in [-0.2, 0) is 24.1 Å². The van der Waals surface area contributed by atoms with Crippen LogP contribution >= 0.6 is 11.3 Å². The van der Waals surface area contributed by atoms with Gasteiger partial charge in [0.15, 0.2) is 0 Å². The highest BCUT2D eigenvalue weighted by atomic mass is 32.1. The first-order valence-corrected chi connectivity index (χ1v) is 8.56. The van der Waals surface area contributed by atoms with Gasteiger partial charge in [0.25, 0.3) is 5.91 Å². The van der Waals surface area contributed by atoms with Crippen LogP contribution in [0.5, 0.6) is 0 Å². The van der Waals surface area contributed by atoms with Gasteiger partial charge in [0, 0.05) is 11.4 Å². The Morgan fingerprint density at radius 2 is 1.91 bits per heavy atom. The molecule has 1 heterocycles. The van der Waals surface area contributed by atoms with E-state index in [2.05, 4.69) is 10.1 Å². The van der Waals surface area contributed by atoms with Crippen molar-refractivity contribution in [1.29, 1.82) is 0 Å². The maximum atomic E-state index is 12.3. The standard InChI is InChI=1S/C18H19NO3S/c1-22-18(21)13-8-6-12(7-9-13)11-19-17(20)16-10-14-4-2-3-5-15(14)23-16/h6-10H,2-5,11H2,1H3,(H,19,20). The molecule has 1 aromatic heterocycles. The summed E-state index contributed by atoms with van der Waals surface area (Å²) in [4.78, 5) is 25.8. The maximum absolute atomic E-state index is 12.3. The second-order valence-electron chi connectivity index (χ2n) is 5.64. The Morgan fingerprint density at radius 3 is 2.61 bits per heavy atom. The number of aryl methyl sites for hydroxylation is 2. The number of amides is 1. The van der Waals surface area contributed by atoms with Crippen LogP contribution in [0.25, 0.3) is 0 Å². The van der Waals surface area contributed by atoms with Crippen LogP contribution in [0.4, 0.5) is 0 Å². The molecule has 120 valence electrons. The van der Waals surface area contributed by atoms with Gasteiger partial charge in [-0.3, -0.25) is 4.79 Å². The van der Waals surface area contributed by atoms with Crippen molar-refractivity contribution in [2.24, 2.45) is 0 Å². The van der Waals surface area contributed by atoms with Crippen LogP contribution < -0.4 is 5.32 Å². The molecule has 23 heavy (non-hydrogen) atoms. The molecule has 3 rings (SSSR count). The molecule has 0 saturated heterocycles. The highest BCUT2D eigenvalue weighted by Gasteiger charge is 2.17. The summed E-state index contributed by atoms with van der Waals surface area (Å²) in [6, 6.07) is 9.10. The van der Waals surface area contributed by atoms with Gasteiger partial charge in [-0.2, -0.15) is 0 Å². The Hall–Kier alpha value is -2.14. The number of esters is 1. The van der Waals surface area contributed by atoms with Crippen molar-refractivity contribution in [2.75, 3.05) is 7.11 Å². The summed E-state index contributed by atoms with van der Waals surface area (Å²) in [5.74, 6) is -0.383. The lowest BCUT2D eigenvalue weighted by Crippen LogP contribution is -2.21. The van der Waals surface area contributed by atoms with Crippen LogP contribution in [0.15, 0.2) is 30.3 Å². The summed E-state index contributed by atoms with van der Waals surface area (Å²) in [5, 5.41) is 2.94. The number of nitrogens with one attached hydrogen (secondary N) is 1. The highest BCUT2D eigenvalue weighted by molar-refractivity contribution is 7.14. The summed E-state index contributed by atoms with van der Waals surface area (Å²) in [7, 11) is 1.36. The Kier molecular flexibility index (Phi) is 4.76. The third-order valence-electron chi connectivity index (χ3n) is 4.05. The van der Waals surface area contributed by atoms with Crippen molar-refractivity contribution in [1.82, 2.24) is 5.32 Å². The fourth-order valence-corrected chi connectivity index (χ4v) is 3.92. The zero-order valence-electron chi connectivity index (χ0n) is 13.1. The van der Waals surface area contributed by atoms with Crippen molar-refractivity contribution >= 4 is 23.2 Å². The van der Waals surface area contributed by atoms with E-state index >= 15 is 0 Å². The highest BCUT2D eigenvalue weighted by Crippen LogP contribution is 2.29. The van der Waals surface area contributed by atoms with Crippen molar-refractivity contribution in [3.05, 3.63) is 56.8 Å². The second-order valence-corrected chi connectivity index (χ2v) is 6.77. The lowest BCUT2D eigenvalue weighted by molar-refractivity contribution is 0.0600. The molecule has 2 aromatic rings. The SMILES string of the molecule is COC(=O)c1ccc(CNC(=O)c2cc3c(s2)CCCC3)cc1. The minimum atomic E-state index is -0.357. The third kappa shape index (κ3) is 3.62. The second kappa shape index (κ2) is 6.96. The zero-order chi connectivity index (χ0) is 16.2. The number of benzene rings is 1. The number of hydrogen-bond donors (Lipinski definition) is 1. The minimum absolute atomic E-state index is 0.0264. The Bertz CT molecular complexity index is 695. The lowest BCUT2D eigenvalue weighted by Gasteiger charge is -2.08. The molecule has 1 aromatic carbocycles. The monoisotopic (exact) mass is 329 g/mol. The molecule has 0 fully saturated rings. The normalized spacial score (nSPS) is 13.3. The first kappa shape index (κ1) is 15.7.